The van der Waals surface area contributed by atoms with Gasteiger partial charge in [-0.2, -0.15) is 0 Å². The van der Waals surface area contributed by atoms with Crippen molar-refractivity contribution in [3.8, 4) is 5.75 Å². The van der Waals surface area contributed by atoms with Gasteiger partial charge in [0, 0.05) is 12.6 Å². The number of benzene rings is 2. The summed E-state index contributed by atoms with van der Waals surface area (Å²) in [6, 6.07) is 11.7. The Morgan fingerprint density at radius 2 is 1.84 bits per heavy atom. The van der Waals surface area contributed by atoms with Crippen LogP contribution < -0.4 is 15.5 Å². The summed E-state index contributed by atoms with van der Waals surface area (Å²) in [5.41, 5.74) is 3.34. The minimum Gasteiger partial charge on any atom is -0.493 e. The van der Waals surface area contributed by atoms with Gasteiger partial charge < -0.3 is 19.2 Å². The molecule has 7 nitrogen and oxygen atoms in total. The molecular weight excluding hydrogens is 398 g/mol. The number of esters is 1. The minimum absolute atomic E-state index is 0.242. The monoisotopic (exact) mass is 423 g/mol. The Bertz CT molecular complexity index is 1160. The molecule has 162 valence electrons. The van der Waals surface area contributed by atoms with E-state index in [4.69, 9.17) is 13.9 Å². The van der Waals surface area contributed by atoms with Gasteiger partial charge in [-0.05, 0) is 62.1 Å². The third-order valence-electron chi connectivity index (χ3n) is 4.84. The largest absolute Gasteiger partial charge is 0.493 e. The Morgan fingerprint density at radius 1 is 1.06 bits per heavy atom. The van der Waals surface area contributed by atoms with Gasteiger partial charge in [-0.15, -0.1) is 0 Å². The van der Waals surface area contributed by atoms with Crippen molar-refractivity contribution in [3.05, 3.63) is 75.1 Å². The molecule has 0 aliphatic rings. The molecule has 7 heteroatoms. The van der Waals surface area contributed by atoms with Gasteiger partial charge in [0.15, 0.2) is 12.0 Å². The van der Waals surface area contributed by atoms with E-state index in [0.717, 1.165) is 22.9 Å². The van der Waals surface area contributed by atoms with Crippen LogP contribution in [0.25, 0.3) is 11.0 Å². The van der Waals surface area contributed by atoms with E-state index < -0.39 is 18.5 Å². The highest BCUT2D eigenvalue weighted by molar-refractivity contribution is 5.90. The summed E-state index contributed by atoms with van der Waals surface area (Å²) in [7, 11) is 0. The van der Waals surface area contributed by atoms with Crippen LogP contribution >= 0.6 is 0 Å². The van der Waals surface area contributed by atoms with Crippen LogP contribution in [-0.4, -0.2) is 31.6 Å². The molecule has 1 amide bonds. The Labute approximate surface area is 180 Å². The summed E-state index contributed by atoms with van der Waals surface area (Å²) >= 11 is 0. The molecule has 1 aromatic heterocycles. The van der Waals surface area contributed by atoms with Crippen LogP contribution in [0.2, 0.25) is 0 Å². The highest BCUT2D eigenvalue weighted by Gasteiger charge is 2.15. The summed E-state index contributed by atoms with van der Waals surface area (Å²) in [6.07, 6.45) is 0.603. The standard InChI is InChI=1S/C24H25NO6/c1-15-11-16(2)17(3)21(12-15)29-10-6-9-25-23(27)14-30-24(28)22-13-19(26)18-7-4-5-8-20(18)31-22/h4-5,7-8,11-13H,6,9-10,14H2,1-3H3,(H,25,27). The van der Waals surface area contributed by atoms with Crippen LogP contribution in [0.1, 0.15) is 33.7 Å². The van der Waals surface area contributed by atoms with Gasteiger partial charge in [-0.25, -0.2) is 4.79 Å². The number of ether oxygens (including phenoxy) is 2. The van der Waals surface area contributed by atoms with Crippen LogP contribution in [0.5, 0.6) is 5.75 Å². The summed E-state index contributed by atoms with van der Waals surface area (Å²) in [4.78, 5) is 36.1. The van der Waals surface area contributed by atoms with E-state index in [-0.39, 0.29) is 16.8 Å². The predicted octanol–water partition coefficient (Wildman–Crippen LogP) is 3.46. The van der Waals surface area contributed by atoms with Crippen LogP contribution in [0.4, 0.5) is 0 Å². The fourth-order valence-electron chi connectivity index (χ4n) is 3.09. The highest BCUT2D eigenvalue weighted by atomic mass is 16.5. The smallest absolute Gasteiger partial charge is 0.374 e. The van der Waals surface area contributed by atoms with E-state index in [9.17, 15) is 14.4 Å². The van der Waals surface area contributed by atoms with Gasteiger partial charge in [-0.1, -0.05) is 18.2 Å². The third kappa shape index (κ3) is 5.72. The van der Waals surface area contributed by atoms with Crippen molar-refractivity contribution in [2.75, 3.05) is 19.8 Å². The minimum atomic E-state index is -0.869. The first-order valence-corrected chi connectivity index (χ1v) is 10.0. The number of rotatable bonds is 8. The zero-order chi connectivity index (χ0) is 22.4. The first-order chi connectivity index (χ1) is 14.8. The summed E-state index contributed by atoms with van der Waals surface area (Å²) in [5.74, 6) is -0.714. The van der Waals surface area contributed by atoms with E-state index in [0.29, 0.717) is 25.0 Å². The first kappa shape index (κ1) is 22.1. The number of para-hydroxylation sites is 1. The Hall–Kier alpha value is -3.61. The molecule has 0 saturated carbocycles. The molecule has 2 aromatic carbocycles. The molecule has 0 aliphatic heterocycles. The number of carbonyl (C=O) groups is 2. The topological polar surface area (TPSA) is 94.8 Å². The predicted molar refractivity (Wildman–Crippen MR) is 117 cm³/mol. The lowest BCUT2D eigenvalue weighted by atomic mass is 10.1. The number of carbonyl (C=O) groups excluding carboxylic acids is 2. The molecule has 0 radical (unpaired) electrons. The second-order valence-electron chi connectivity index (χ2n) is 7.30. The van der Waals surface area contributed by atoms with Crippen molar-refractivity contribution in [1.82, 2.24) is 5.32 Å². The average Bonchev–Trinajstić information content (AvgIpc) is 2.75. The van der Waals surface area contributed by atoms with Crippen LogP contribution in [0, 0.1) is 20.8 Å². The second kappa shape index (κ2) is 9.93. The molecule has 0 unspecified atom stereocenters. The van der Waals surface area contributed by atoms with E-state index in [2.05, 4.69) is 11.4 Å². The fourth-order valence-corrected chi connectivity index (χ4v) is 3.09. The number of fused-ring (bicyclic) bond motifs is 1. The van der Waals surface area contributed by atoms with Gasteiger partial charge in [0.2, 0.25) is 5.76 Å². The van der Waals surface area contributed by atoms with E-state index >= 15 is 0 Å². The average molecular weight is 423 g/mol. The fraction of sp³-hybridized carbons (Fsp3) is 0.292. The summed E-state index contributed by atoms with van der Waals surface area (Å²) in [6.45, 7) is 6.44. The normalized spacial score (nSPS) is 10.7. The lowest BCUT2D eigenvalue weighted by Gasteiger charge is -2.12. The molecule has 0 atom stereocenters. The maximum Gasteiger partial charge on any atom is 0.374 e. The molecule has 0 aliphatic carbocycles. The molecule has 0 spiro atoms. The molecule has 1 N–H and O–H groups in total. The van der Waals surface area contributed by atoms with E-state index in [1.165, 1.54) is 5.56 Å². The quantitative estimate of drug-likeness (QED) is 0.440. The molecule has 0 bridgehead atoms. The third-order valence-corrected chi connectivity index (χ3v) is 4.84. The van der Waals surface area contributed by atoms with E-state index in [1.807, 2.05) is 26.8 Å². The van der Waals surface area contributed by atoms with Gasteiger partial charge in [0.05, 0.1) is 12.0 Å². The first-order valence-electron chi connectivity index (χ1n) is 10.0. The van der Waals surface area contributed by atoms with Crippen LogP contribution in [-0.2, 0) is 9.53 Å². The Balaban J connectivity index is 1.41. The molecule has 31 heavy (non-hydrogen) atoms. The van der Waals surface area contributed by atoms with Crippen molar-refractivity contribution < 1.29 is 23.5 Å². The number of hydrogen-bond donors (Lipinski definition) is 1. The van der Waals surface area contributed by atoms with Gasteiger partial charge in [-0.3, -0.25) is 9.59 Å². The molecule has 0 fully saturated rings. The molecule has 1 heterocycles. The van der Waals surface area contributed by atoms with Gasteiger partial charge >= 0.3 is 5.97 Å². The van der Waals surface area contributed by atoms with Crippen molar-refractivity contribution in [2.45, 2.75) is 27.2 Å². The summed E-state index contributed by atoms with van der Waals surface area (Å²) < 4.78 is 16.1. The number of aryl methyl sites for hydroxylation is 2. The number of amides is 1. The molecule has 3 aromatic rings. The zero-order valence-electron chi connectivity index (χ0n) is 17.8. The van der Waals surface area contributed by atoms with Gasteiger partial charge in [0.1, 0.15) is 11.3 Å². The lowest BCUT2D eigenvalue weighted by molar-refractivity contribution is -0.124. The maximum absolute atomic E-state index is 12.1. The maximum atomic E-state index is 12.1. The molecular formula is C24H25NO6. The number of hydrogen-bond acceptors (Lipinski definition) is 6. The zero-order valence-corrected chi connectivity index (χ0v) is 17.8. The number of nitrogens with one attached hydrogen (secondary N) is 1. The van der Waals surface area contributed by atoms with Crippen molar-refractivity contribution in [3.63, 3.8) is 0 Å². The molecule has 0 saturated heterocycles. The Morgan fingerprint density at radius 3 is 2.65 bits per heavy atom. The Kier molecular flexibility index (Phi) is 7.07. The van der Waals surface area contributed by atoms with E-state index in [1.54, 1.807) is 24.3 Å². The van der Waals surface area contributed by atoms with Gasteiger partial charge in [0.25, 0.3) is 5.91 Å². The lowest BCUT2D eigenvalue weighted by Crippen LogP contribution is -2.30. The van der Waals surface area contributed by atoms with Crippen molar-refractivity contribution in [1.29, 1.82) is 0 Å². The van der Waals surface area contributed by atoms with Crippen LogP contribution in [0.15, 0.2) is 51.7 Å². The van der Waals surface area contributed by atoms with Crippen molar-refractivity contribution >= 4 is 22.8 Å². The second-order valence-corrected chi connectivity index (χ2v) is 7.30. The van der Waals surface area contributed by atoms with Crippen LogP contribution in [0.3, 0.4) is 0 Å². The highest BCUT2D eigenvalue weighted by Crippen LogP contribution is 2.23. The SMILES string of the molecule is Cc1cc(C)c(C)c(OCCCNC(=O)COC(=O)c2cc(=O)c3ccccc3o2)c1. The van der Waals surface area contributed by atoms with Crippen molar-refractivity contribution in [2.24, 2.45) is 0 Å². The molecule has 3 rings (SSSR count). The summed E-state index contributed by atoms with van der Waals surface area (Å²) in [5, 5.41) is 3.04.